The van der Waals surface area contributed by atoms with Crippen molar-refractivity contribution in [2.45, 2.75) is 95.4 Å². The monoisotopic (exact) mass is 540 g/mol. The molecule has 37 heavy (non-hydrogen) atoms. The number of ketones is 2. The molecule has 2 fully saturated rings. The molecule has 2 saturated heterocycles. The van der Waals surface area contributed by atoms with E-state index >= 15 is 0 Å². The number of quaternary nitrogens is 1. The number of aldehydes is 2. The molecule has 2 rings (SSSR count). The highest BCUT2D eigenvalue weighted by Crippen LogP contribution is 2.49. The molecule has 2 unspecified atom stereocenters. The summed E-state index contributed by atoms with van der Waals surface area (Å²) < 4.78 is 0.260. The molecule has 0 aromatic carbocycles. The lowest BCUT2D eigenvalue weighted by Gasteiger charge is -2.59. The minimum atomic E-state index is -0.958. The molecule has 11 nitrogen and oxygen atoms in total. The number of Topliss-reactive ketones (excluding diaryl/α,β-unsaturated/α-hetero) is 2. The van der Waals surface area contributed by atoms with Crippen molar-refractivity contribution in [3.05, 3.63) is 0 Å². The van der Waals surface area contributed by atoms with E-state index in [0.29, 0.717) is 44.7 Å². The third-order valence-electron chi connectivity index (χ3n) is 7.61. The predicted octanol–water partition coefficient (Wildman–Crippen LogP) is 0.221. The number of aliphatic imine (C=N–C) groups is 1. The van der Waals surface area contributed by atoms with Crippen LogP contribution in [0, 0.1) is 5.92 Å². The number of rotatable bonds is 19. The molecule has 0 spiro atoms. The van der Waals surface area contributed by atoms with E-state index in [2.05, 4.69) is 21.3 Å². The van der Waals surface area contributed by atoms with Gasteiger partial charge in [-0.25, -0.2) is 15.4 Å². The van der Waals surface area contributed by atoms with Crippen molar-refractivity contribution in [1.82, 2.24) is 16.3 Å². The highest BCUT2D eigenvalue weighted by molar-refractivity contribution is 7.98. The topological polar surface area (TPSA) is 169 Å². The van der Waals surface area contributed by atoms with Crippen LogP contribution in [0.15, 0.2) is 4.99 Å². The molecule has 0 aromatic rings. The fourth-order valence-corrected chi connectivity index (χ4v) is 6.17. The van der Waals surface area contributed by atoms with Crippen LogP contribution in [0.2, 0.25) is 0 Å². The summed E-state index contributed by atoms with van der Waals surface area (Å²) in [6, 6.07) is -1.66. The Morgan fingerprint density at radius 3 is 2.51 bits per heavy atom. The van der Waals surface area contributed by atoms with Gasteiger partial charge in [0.05, 0.1) is 25.0 Å². The summed E-state index contributed by atoms with van der Waals surface area (Å²) in [6.45, 7) is 7.01. The first-order chi connectivity index (χ1) is 17.5. The van der Waals surface area contributed by atoms with Gasteiger partial charge in [0.1, 0.15) is 18.6 Å². The number of nitrogens with two attached hydrogens (primary N) is 2. The Morgan fingerprint density at radius 2 is 1.92 bits per heavy atom. The zero-order chi connectivity index (χ0) is 27.6. The lowest BCUT2D eigenvalue weighted by Crippen LogP contribution is -2.88. The van der Waals surface area contributed by atoms with Gasteiger partial charge in [-0.3, -0.25) is 14.6 Å². The van der Waals surface area contributed by atoms with Gasteiger partial charge in [0.2, 0.25) is 0 Å². The second-order valence-corrected chi connectivity index (χ2v) is 11.8. The molecule has 6 atom stereocenters. The van der Waals surface area contributed by atoms with E-state index in [4.69, 9.17) is 11.5 Å². The zero-order valence-corrected chi connectivity index (χ0v) is 23.5. The largest absolute Gasteiger partial charge is 0.370 e. The number of carbonyl (C=O) groups is 4. The number of hydrogen-bond acceptors (Lipinski definition) is 9. The van der Waals surface area contributed by atoms with E-state index in [9.17, 15) is 19.2 Å². The molecule has 0 amide bonds. The van der Waals surface area contributed by atoms with Gasteiger partial charge in [0, 0.05) is 26.3 Å². The van der Waals surface area contributed by atoms with Crippen molar-refractivity contribution >= 4 is 41.9 Å². The van der Waals surface area contributed by atoms with Crippen LogP contribution in [0.1, 0.15) is 65.7 Å². The summed E-state index contributed by atoms with van der Waals surface area (Å²) in [6.07, 6.45) is 7.69. The molecule has 0 aliphatic carbocycles. The van der Waals surface area contributed by atoms with Crippen LogP contribution in [0.5, 0.6) is 0 Å². The van der Waals surface area contributed by atoms with Gasteiger partial charge >= 0.3 is 0 Å². The Bertz CT molecular complexity index is 838. The number of nitrogens with zero attached hydrogens (tertiary/aromatic N) is 2. The molecule has 2 aliphatic heterocycles. The average molecular weight is 541 g/mol. The number of hydrogen-bond donors (Lipinski definition) is 5. The summed E-state index contributed by atoms with van der Waals surface area (Å²) in [5, 5.41) is 0. The van der Waals surface area contributed by atoms with Gasteiger partial charge in [0.15, 0.2) is 23.3 Å². The lowest BCUT2D eigenvalue weighted by atomic mass is 9.73. The summed E-state index contributed by atoms with van der Waals surface area (Å²) in [5.74, 6) is 1.09. The van der Waals surface area contributed by atoms with E-state index in [-0.39, 0.29) is 34.6 Å². The van der Waals surface area contributed by atoms with Gasteiger partial charge < -0.3 is 21.1 Å². The van der Waals surface area contributed by atoms with Crippen LogP contribution < -0.4 is 27.7 Å². The third kappa shape index (κ3) is 7.60. The van der Waals surface area contributed by atoms with E-state index < -0.39 is 23.7 Å². The second kappa shape index (κ2) is 14.3. The molecule has 210 valence electrons. The minimum absolute atomic E-state index is 0.0133. The molecule has 7 N–H and O–H groups in total. The molecule has 2 heterocycles. The van der Waals surface area contributed by atoms with Crippen LogP contribution >= 0.6 is 11.8 Å². The maximum absolute atomic E-state index is 13.6. The van der Waals surface area contributed by atoms with Crippen LogP contribution in [0.4, 0.5) is 0 Å². The van der Waals surface area contributed by atoms with Crippen LogP contribution in [-0.4, -0.2) is 89.5 Å². The zero-order valence-electron chi connectivity index (χ0n) is 22.7. The first-order valence-corrected chi connectivity index (χ1v) is 14.6. The van der Waals surface area contributed by atoms with E-state index in [1.165, 1.54) is 0 Å². The Hall–Kier alpha value is -1.86. The fourth-order valence-electron chi connectivity index (χ4n) is 5.70. The van der Waals surface area contributed by atoms with Gasteiger partial charge in [-0.2, -0.15) is 17.2 Å². The molecule has 0 bridgehead atoms. The minimum Gasteiger partial charge on any atom is -0.370 e. The molecular formula is C25H46N7O4S+. The number of fused-ring (bicyclic) bond motifs is 1. The normalized spacial score (nSPS) is 27.2. The SMILES string of the molecule is CSCC[C@H](NN[C@@H](C=O)CC(C)C)C(=O)CC1(C)C(=O)[C@@H]2CCC[N+]21N[C@@H](C=O)CCCN=C(N)N. The second-order valence-electron chi connectivity index (χ2n) is 10.8. The van der Waals surface area contributed by atoms with Crippen molar-refractivity contribution in [3.63, 3.8) is 0 Å². The van der Waals surface area contributed by atoms with E-state index in [0.717, 1.165) is 31.2 Å². The Balaban J connectivity index is 2.14. The first kappa shape index (κ1) is 31.4. The Kier molecular flexibility index (Phi) is 12.2. The standard InChI is InChI=1S/C25H46N7O4S/c1-17(2)13-19(16-34)29-30-20(9-12-37-4)22(35)14-25(3)23(36)21-8-6-11-32(21,25)31-18(15-33)7-5-10-28-24(26)27/h15-21,29-31H,5-14H2,1-4H3,(H4,26,27,28)/q+1/t18-,19-,20+,21+,25?,32?/m1/s1. The Morgan fingerprint density at radius 1 is 1.22 bits per heavy atom. The van der Waals surface area contributed by atoms with Crippen molar-refractivity contribution < 1.29 is 23.8 Å². The summed E-state index contributed by atoms with van der Waals surface area (Å²) in [5.41, 5.74) is 19.4. The molecule has 2 aliphatic rings. The average Bonchev–Trinajstić information content (AvgIpc) is 3.26. The quantitative estimate of drug-likeness (QED) is 0.0381. The number of nitrogens with one attached hydrogen (secondary N) is 3. The highest BCUT2D eigenvalue weighted by Gasteiger charge is 2.74. The molecule has 12 heteroatoms. The summed E-state index contributed by atoms with van der Waals surface area (Å²) in [7, 11) is 0. The van der Waals surface area contributed by atoms with Crippen molar-refractivity contribution in [1.29, 1.82) is 0 Å². The van der Waals surface area contributed by atoms with Crippen molar-refractivity contribution in [2.75, 3.05) is 25.1 Å². The number of guanidine groups is 1. The van der Waals surface area contributed by atoms with Crippen LogP contribution in [0.25, 0.3) is 0 Å². The molecule has 0 saturated carbocycles. The van der Waals surface area contributed by atoms with Gasteiger partial charge in [-0.1, -0.05) is 13.8 Å². The van der Waals surface area contributed by atoms with Gasteiger partial charge in [-0.15, -0.1) is 0 Å². The number of carbonyl (C=O) groups excluding carboxylic acids is 4. The van der Waals surface area contributed by atoms with Crippen molar-refractivity contribution in [3.8, 4) is 0 Å². The van der Waals surface area contributed by atoms with E-state index in [1.807, 2.05) is 27.0 Å². The van der Waals surface area contributed by atoms with Crippen LogP contribution in [0.3, 0.4) is 0 Å². The van der Waals surface area contributed by atoms with Gasteiger partial charge in [0.25, 0.3) is 5.78 Å². The van der Waals surface area contributed by atoms with E-state index in [1.54, 1.807) is 11.8 Å². The van der Waals surface area contributed by atoms with Crippen molar-refractivity contribution in [2.24, 2.45) is 22.4 Å². The number of thioether (sulfide) groups is 1. The summed E-state index contributed by atoms with van der Waals surface area (Å²) >= 11 is 1.64. The molecular weight excluding hydrogens is 494 g/mol. The summed E-state index contributed by atoms with van der Waals surface area (Å²) in [4.78, 5) is 54.3. The Labute approximate surface area is 224 Å². The maximum atomic E-state index is 13.6. The van der Waals surface area contributed by atoms with Crippen LogP contribution in [-0.2, 0) is 19.2 Å². The third-order valence-corrected chi connectivity index (χ3v) is 8.26. The smallest absolute Gasteiger partial charge is 0.253 e. The molecule has 0 aromatic heterocycles. The van der Waals surface area contributed by atoms with Gasteiger partial charge in [-0.05, 0) is 43.6 Å². The fraction of sp³-hybridized carbons (Fsp3) is 0.800. The molecule has 0 radical (unpaired) electrons. The number of hydrazine groups is 1. The highest BCUT2D eigenvalue weighted by atomic mass is 32.2. The lowest BCUT2D eigenvalue weighted by molar-refractivity contribution is -1.03. The predicted molar refractivity (Wildman–Crippen MR) is 146 cm³/mol. The maximum Gasteiger partial charge on any atom is 0.253 e. The first-order valence-electron chi connectivity index (χ1n) is 13.2.